The molecule has 3 atom stereocenters. The number of nitrogens with one attached hydrogen (secondary N) is 1. The molecule has 0 aliphatic heterocycles. The summed E-state index contributed by atoms with van der Waals surface area (Å²) >= 11 is 0. The van der Waals surface area contributed by atoms with Crippen molar-refractivity contribution < 1.29 is 4.39 Å². The molecular formula is C32H46FN. The molecule has 1 aromatic carbocycles. The molecule has 0 spiro atoms. The first-order chi connectivity index (χ1) is 15.9. The van der Waals surface area contributed by atoms with E-state index in [1.807, 2.05) is 19.9 Å². The van der Waals surface area contributed by atoms with Crippen molar-refractivity contribution in [3.8, 4) is 0 Å². The molecule has 1 saturated carbocycles. The summed E-state index contributed by atoms with van der Waals surface area (Å²) in [7, 11) is 0. The van der Waals surface area contributed by atoms with Gasteiger partial charge in [0.05, 0.1) is 0 Å². The highest BCUT2D eigenvalue weighted by Crippen LogP contribution is 2.33. The highest BCUT2D eigenvalue weighted by Gasteiger charge is 2.22. The van der Waals surface area contributed by atoms with Crippen LogP contribution in [-0.4, -0.2) is 11.7 Å². The van der Waals surface area contributed by atoms with Gasteiger partial charge in [0.2, 0.25) is 0 Å². The van der Waals surface area contributed by atoms with Crippen LogP contribution >= 0.6 is 0 Å². The summed E-state index contributed by atoms with van der Waals surface area (Å²) in [6, 6.07) is 9.38. The van der Waals surface area contributed by atoms with Crippen LogP contribution in [-0.2, 0) is 6.42 Å². The number of halogens is 1. The van der Waals surface area contributed by atoms with Gasteiger partial charge in [0.15, 0.2) is 0 Å². The molecule has 2 aliphatic carbocycles. The van der Waals surface area contributed by atoms with Crippen molar-refractivity contribution in [1.29, 1.82) is 0 Å². The first kappa shape index (κ1) is 27.9. The Hall–Kier alpha value is -2.35. The second-order valence-electron chi connectivity index (χ2n) is 10.7. The van der Waals surface area contributed by atoms with Crippen molar-refractivity contribution in [2.24, 2.45) is 11.8 Å². The van der Waals surface area contributed by atoms with E-state index in [0.717, 1.165) is 29.2 Å². The van der Waals surface area contributed by atoms with Gasteiger partial charge in [-0.05, 0) is 87.6 Å². The average molecular weight is 464 g/mol. The summed E-state index contributed by atoms with van der Waals surface area (Å²) < 4.78 is 13.8. The van der Waals surface area contributed by atoms with E-state index >= 15 is 0 Å². The summed E-state index contributed by atoms with van der Waals surface area (Å²) in [5.41, 5.74) is 6.68. The molecule has 186 valence electrons. The molecular weight excluding hydrogens is 417 g/mol. The number of benzene rings is 1. The van der Waals surface area contributed by atoms with Gasteiger partial charge in [0.25, 0.3) is 0 Å². The third-order valence-electron chi connectivity index (χ3n) is 7.35. The SMILES string of the molecule is C=C(N[C@@H]1CCC[C@H](C)C1)c1ccc(CC)cc1.C=C1C(C)=CC=C(C)C1/C=C(\C)C(C)(C)F. The number of aryl methyl sites for hydroxylation is 1. The van der Waals surface area contributed by atoms with Crippen molar-refractivity contribution >= 4 is 5.70 Å². The Morgan fingerprint density at radius 2 is 1.79 bits per heavy atom. The monoisotopic (exact) mass is 463 g/mol. The molecule has 3 rings (SSSR count). The summed E-state index contributed by atoms with van der Waals surface area (Å²) in [5, 5.41) is 3.61. The van der Waals surface area contributed by atoms with Gasteiger partial charge >= 0.3 is 0 Å². The van der Waals surface area contributed by atoms with E-state index in [9.17, 15) is 4.39 Å². The highest BCUT2D eigenvalue weighted by atomic mass is 19.1. The van der Waals surface area contributed by atoms with E-state index in [1.54, 1.807) is 13.8 Å². The molecule has 34 heavy (non-hydrogen) atoms. The van der Waals surface area contributed by atoms with Gasteiger partial charge < -0.3 is 5.32 Å². The molecule has 2 aliphatic rings. The number of rotatable bonds is 6. The lowest BCUT2D eigenvalue weighted by atomic mass is 9.82. The Bertz CT molecular complexity index is 934. The van der Waals surface area contributed by atoms with Crippen LogP contribution in [0.4, 0.5) is 4.39 Å². The number of allylic oxidation sites excluding steroid dienone is 7. The topological polar surface area (TPSA) is 12.0 Å². The quantitative estimate of drug-likeness (QED) is 0.415. The van der Waals surface area contributed by atoms with E-state index in [0.29, 0.717) is 6.04 Å². The zero-order chi connectivity index (χ0) is 25.5. The molecule has 0 bridgehead atoms. The standard InChI is InChI=1S/C17H25N.C15H21F/c1-4-15-8-10-16(11-9-15)14(3)18-17-7-5-6-13(2)12-17;1-10-7-8-11(2)14(13(10)4)9-12(3)15(5,6)16/h8-11,13,17-18H,3-7,12H2,1-2H3;7-9,14H,4H2,1-3,5-6H3/b;12-9+/t13-,17+;/m0./s1. The molecule has 1 aromatic rings. The molecule has 1 unspecified atom stereocenters. The van der Waals surface area contributed by atoms with Crippen LogP contribution in [0.5, 0.6) is 0 Å². The van der Waals surface area contributed by atoms with Gasteiger partial charge in [0.1, 0.15) is 5.67 Å². The minimum absolute atomic E-state index is 0.153. The van der Waals surface area contributed by atoms with E-state index in [-0.39, 0.29) is 5.92 Å². The molecule has 1 N–H and O–H groups in total. The van der Waals surface area contributed by atoms with E-state index < -0.39 is 5.67 Å². The lowest BCUT2D eigenvalue weighted by Gasteiger charge is -2.29. The maximum Gasteiger partial charge on any atom is 0.126 e. The first-order valence-electron chi connectivity index (χ1n) is 12.9. The van der Waals surface area contributed by atoms with Crippen LogP contribution in [0.25, 0.3) is 5.70 Å². The molecule has 0 amide bonds. The lowest BCUT2D eigenvalue weighted by Crippen LogP contribution is -2.32. The van der Waals surface area contributed by atoms with Gasteiger partial charge in [-0.2, -0.15) is 0 Å². The van der Waals surface area contributed by atoms with Crippen LogP contribution in [0.1, 0.15) is 85.3 Å². The number of alkyl halides is 1. The zero-order valence-corrected chi connectivity index (χ0v) is 22.6. The molecule has 0 aromatic heterocycles. The largest absolute Gasteiger partial charge is 0.382 e. The Kier molecular flexibility index (Phi) is 10.2. The molecule has 1 nitrogen and oxygen atoms in total. The van der Waals surface area contributed by atoms with Gasteiger partial charge in [-0.1, -0.05) is 87.9 Å². The molecule has 0 radical (unpaired) electrons. The second-order valence-corrected chi connectivity index (χ2v) is 10.7. The fraction of sp³-hybridized carbons (Fsp3) is 0.500. The summed E-state index contributed by atoms with van der Waals surface area (Å²) in [6.07, 6.45) is 12.5. The molecule has 2 heteroatoms. The summed E-state index contributed by atoms with van der Waals surface area (Å²) in [5.74, 6) is 1.01. The van der Waals surface area contributed by atoms with Gasteiger partial charge in [-0.15, -0.1) is 0 Å². The van der Waals surface area contributed by atoms with E-state index in [4.69, 9.17) is 0 Å². The Balaban J connectivity index is 0.000000242. The van der Waals surface area contributed by atoms with Crippen molar-refractivity contribution in [2.45, 2.75) is 92.3 Å². The van der Waals surface area contributed by atoms with Crippen LogP contribution < -0.4 is 5.32 Å². The third-order valence-corrected chi connectivity index (χ3v) is 7.35. The minimum Gasteiger partial charge on any atom is -0.382 e. The van der Waals surface area contributed by atoms with Crippen LogP contribution in [0, 0.1) is 11.8 Å². The zero-order valence-electron chi connectivity index (χ0n) is 22.6. The molecule has 0 heterocycles. The van der Waals surface area contributed by atoms with Crippen LogP contribution in [0.15, 0.2) is 77.9 Å². The summed E-state index contributed by atoms with van der Waals surface area (Å²) in [4.78, 5) is 0. The fourth-order valence-electron chi connectivity index (χ4n) is 4.50. The Morgan fingerprint density at radius 1 is 1.15 bits per heavy atom. The Labute approximate surface area is 208 Å². The number of hydrogen-bond donors (Lipinski definition) is 1. The predicted octanol–water partition coefficient (Wildman–Crippen LogP) is 9.15. The highest BCUT2D eigenvalue weighted by molar-refractivity contribution is 5.62. The van der Waals surface area contributed by atoms with Crippen molar-refractivity contribution in [3.05, 3.63) is 89.1 Å². The maximum absolute atomic E-state index is 13.8. The lowest BCUT2D eigenvalue weighted by molar-refractivity contribution is 0.267. The van der Waals surface area contributed by atoms with Crippen molar-refractivity contribution in [1.82, 2.24) is 5.32 Å². The molecule has 1 fully saturated rings. The fourth-order valence-corrected chi connectivity index (χ4v) is 4.50. The van der Waals surface area contributed by atoms with Gasteiger partial charge in [-0.3, -0.25) is 0 Å². The summed E-state index contributed by atoms with van der Waals surface area (Å²) in [6.45, 7) is 21.9. The van der Waals surface area contributed by atoms with Crippen LogP contribution in [0.2, 0.25) is 0 Å². The smallest absolute Gasteiger partial charge is 0.126 e. The Morgan fingerprint density at radius 3 is 2.35 bits per heavy atom. The number of hydrogen-bond acceptors (Lipinski definition) is 1. The van der Waals surface area contributed by atoms with Crippen molar-refractivity contribution in [3.63, 3.8) is 0 Å². The normalized spacial score (nSPS) is 23.4. The minimum atomic E-state index is -1.25. The van der Waals surface area contributed by atoms with Crippen LogP contribution in [0.3, 0.4) is 0 Å². The first-order valence-corrected chi connectivity index (χ1v) is 12.9. The molecule has 0 saturated heterocycles. The average Bonchev–Trinajstić information content (AvgIpc) is 2.79. The van der Waals surface area contributed by atoms with E-state index in [1.165, 1.54) is 48.0 Å². The van der Waals surface area contributed by atoms with Gasteiger partial charge in [-0.25, -0.2) is 4.39 Å². The predicted molar refractivity (Wildman–Crippen MR) is 148 cm³/mol. The maximum atomic E-state index is 13.8. The van der Waals surface area contributed by atoms with Crippen molar-refractivity contribution in [2.75, 3.05) is 0 Å². The van der Waals surface area contributed by atoms with E-state index in [2.05, 4.69) is 75.7 Å². The van der Waals surface area contributed by atoms with Gasteiger partial charge in [0, 0.05) is 17.7 Å². The third kappa shape index (κ3) is 8.15. The second kappa shape index (κ2) is 12.4.